The predicted molar refractivity (Wildman–Crippen MR) is 103 cm³/mol. The van der Waals surface area contributed by atoms with Gasteiger partial charge in [-0.1, -0.05) is 30.3 Å². The Hall–Kier alpha value is -2.82. The Morgan fingerprint density at radius 1 is 0.960 bits per heavy atom. The fourth-order valence-electron chi connectivity index (χ4n) is 2.87. The van der Waals surface area contributed by atoms with Crippen LogP contribution in [-0.4, -0.2) is 30.2 Å². The van der Waals surface area contributed by atoms with Gasteiger partial charge in [0, 0.05) is 30.6 Å². The van der Waals surface area contributed by atoms with E-state index >= 15 is 0 Å². The number of hydrogen-bond acceptors (Lipinski definition) is 5. The largest absolute Gasteiger partial charge is 0.496 e. The third-order valence-electron chi connectivity index (χ3n) is 4.28. The minimum Gasteiger partial charge on any atom is -0.496 e. The van der Waals surface area contributed by atoms with Crippen LogP contribution in [0.15, 0.2) is 48.5 Å². The molecule has 2 aromatic carbocycles. The summed E-state index contributed by atoms with van der Waals surface area (Å²) in [5.41, 5.74) is 2.04. The van der Waals surface area contributed by atoms with E-state index in [9.17, 15) is 0 Å². The van der Waals surface area contributed by atoms with Gasteiger partial charge in [0.1, 0.15) is 11.6 Å². The van der Waals surface area contributed by atoms with Crippen LogP contribution in [0.25, 0.3) is 10.9 Å². The number of nitrogens with zero attached hydrogens (tertiary/aromatic N) is 3. The van der Waals surface area contributed by atoms with Crippen LogP contribution in [0.1, 0.15) is 19.4 Å². The van der Waals surface area contributed by atoms with Crippen molar-refractivity contribution in [1.82, 2.24) is 9.97 Å². The fraction of sp³-hybridized carbons (Fsp3) is 0.300. The summed E-state index contributed by atoms with van der Waals surface area (Å²) in [5, 5.41) is 4.49. The lowest BCUT2D eigenvalue weighted by atomic mass is 10.2. The molecule has 0 fully saturated rings. The molecule has 0 spiro atoms. The van der Waals surface area contributed by atoms with E-state index in [4.69, 9.17) is 14.7 Å². The van der Waals surface area contributed by atoms with Gasteiger partial charge in [-0.3, -0.25) is 0 Å². The second-order valence-corrected chi connectivity index (χ2v) is 5.73. The summed E-state index contributed by atoms with van der Waals surface area (Å²) < 4.78 is 5.44. The summed E-state index contributed by atoms with van der Waals surface area (Å²) in [5.74, 6) is 2.47. The number of benzene rings is 2. The average Bonchev–Trinajstić information content (AvgIpc) is 2.67. The Balaban J connectivity index is 1.96. The number of methoxy groups -OCH3 is 1. The molecule has 0 radical (unpaired) electrons. The van der Waals surface area contributed by atoms with Crippen LogP contribution in [0.4, 0.5) is 11.8 Å². The highest BCUT2D eigenvalue weighted by Crippen LogP contribution is 2.25. The molecule has 5 heteroatoms. The molecule has 1 aromatic heterocycles. The first-order valence-corrected chi connectivity index (χ1v) is 8.64. The molecule has 0 amide bonds. The van der Waals surface area contributed by atoms with Crippen LogP contribution >= 0.6 is 0 Å². The topological polar surface area (TPSA) is 50.3 Å². The van der Waals surface area contributed by atoms with E-state index in [0.29, 0.717) is 6.54 Å². The summed E-state index contributed by atoms with van der Waals surface area (Å²) >= 11 is 0. The molecule has 0 saturated heterocycles. The predicted octanol–water partition coefficient (Wildman–Crippen LogP) is 4.10. The van der Waals surface area contributed by atoms with Gasteiger partial charge >= 0.3 is 0 Å². The number of hydrogen-bond donors (Lipinski definition) is 1. The Bertz CT molecular complexity index is 846. The maximum absolute atomic E-state index is 5.44. The van der Waals surface area contributed by atoms with E-state index in [1.165, 1.54) is 0 Å². The zero-order valence-electron chi connectivity index (χ0n) is 15.0. The normalized spacial score (nSPS) is 10.7. The Labute approximate surface area is 148 Å². The van der Waals surface area contributed by atoms with Gasteiger partial charge in [0.05, 0.1) is 12.6 Å². The van der Waals surface area contributed by atoms with Crippen LogP contribution < -0.4 is 15.0 Å². The van der Waals surface area contributed by atoms with Gasteiger partial charge < -0.3 is 15.0 Å². The number of fused-ring (bicyclic) bond motifs is 1. The smallest absolute Gasteiger partial charge is 0.227 e. The highest BCUT2D eigenvalue weighted by Gasteiger charge is 2.12. The molecular formula is C20H24N4O. The van der Waals surface area contributed by atoms with Gasteiger partial charge in [-0.05, 0) is 32.0 Å². The summed E-state index contributed by atoms with van der Waals surface area (Å²) in [6.45, 7) is 6.62. The van der Waals surface area contributed by atoms with Crippen molar-refractivity contribution in [2.24, 2.45) is 0 Å². The van der Waals surface area contributed by atoms with Crippen molar-refractivity contribution in [3.63, 3.8) is 0 Å². The lowest BCUT2D eigenvalue weighted by Gasteiger charge is -2.20. The minimum atomic E-state index is 0.642. The zero-order valence-corrected chi connectivity index (χ0v) is 15.0. The van der Waals surface area contributed by atoms with Crippen molar-refractivity contribution in [3.05, 3.63) is 54.1 Å². The van der Waals surface area contributed by atoms with Gasteiger partial charge in [0.2, 0.25) is 5.95 Å². The Morgan fingerprint density at radius 3 is 2.44 bits per heavy atom. The third kappa shape index (κ3) is 3.65. The molecule has 3 rings (SSSR count). The van der Waals surface area contributed by atoms with E-state index < -0.39 is 0 Å². The van der Waals surface area contributed by atoms with Crippen molar-refractivity contribution in [2.45, 2.75) is 20.4 Å². The first-order valence-electron chi connectivity index (χ1n) is 8.64. The van der Waals surface area contributed by atoms with E-state index in [0.717, 1.165) is 47.1 Å². The lowest BCUT2D eigenvalue weighted by molar-refractivity contribution is 0.410. The van der Waals surface area contributed by atoms with Crippen LogP contribution in [0.2, 0.25) is 0 Å². The first kappa shape index (κ1) is 17.0. The molecular weight excluding hydrogens is 312 g/mol. The molecule has 0 aliphatic carbocycles. The molecule has 0 unspecified atom stereocenters. The van der Waals surface area contributed by atoms with Gasteiger partial charge in [0.25, 0.3) is 0 Å². The summed E-state index contributed by atoms with van der Waals surface area (Å²) in [6, 6.07) is 16.1. The van der Waals surface area contributed by atoms with Gasteiger partial charge in [-0.15, -0.1) is 0 Å². The fourth-order valence-corrected chi connectivity index (χ4v) is 2.87. The van der Waals surface area contributed by atoms with Crippen molar-refractivity contribution < 1.29 is 4.74 Å². The average molecular weight is 336 g/mol. The summed E-state index contributed by atoms with van der Waals surface area (Å²) in [4.78, 5) is 11.6. The molecule has 25 heavy (non-hydrogen) atoms. The van der Waals surface area contributed by atoms with Crippen LogP contribution in [-0.2, 0) is 6.54 Å². The van der Waals surface area contributed by atoms with Crippen molar-refractivity contribution in [2.75, 3.05) is 30.4 Å². The highest BCUT2D eigenvalue weighted by atomic mass is 16.5. The molecule has 1 heterocycles. The summed E-state index contributed by atoms with van der Waals surface area (Å²) in [6.07, 6.45) is 0. The number of anilines is 2. The molecule has 0 atom stereocenters. The highest BCUT2D eigenvalue weighted by molar-refractivity contribution is 5.90. The van der Waals surface area contributed by atoms with Crippen molar-refractivity contribution >= 4 is 22.7 Å². The van der Waals surface area contributed by atoms with Crippen LogP contribution in [0.5, 0.6) is 5.75 Å². The molecule has 1 N–H and O–H groups in total. The lowest BCUT2D eigenvalue weighted by Crippen LogP contribution is -2.24. The molecule has 130 valence electrons. The van der Waals surface area contributed by atoms with Gasteiger partial charge in [0.15, 0.2) is 0 Å². The number of ether oxygens (including phenoxy) is 1. The molecule has 0 aliphatic rings. The van der Waals surface area contributed by atoms with E-state index in [2.05, 4.69) is 30.1 Å². The van der Waals surface area contributed by atoms with Crippen LogP contribution in [0.3, 0.4) is 0 Å². The van der Waals surface area contributed by atoms with Crippen molar-refractivity contribution in [1.29, 1.82) is 0 Å². The number of aromatic nitrogens is 2. The number of rotatable bonds is 7. The number of para-hydroxylation sites is 2. The minimum absolute atomic E-state index is 0.642. The second-order valence-electron chi connectivity index (χ2n) is 5.73. The third-order valence-corrected chi connectivity index (χ3v) is 4.28. The van der Waals surface area contributed by atoms with E-state index in [-0.39, 0.29) is 0 Å². The standard InChI is InChI=1S/C20H24N4O/c1-4-24(5-2)20-22-17-12-8-7-11-16(17)19(23-20)21-14-15-10-6-9-13-18(15)25-3/h6-13H,4-5,14H2,1-3H3,(H,21,22,23). The molecule has 0 aliphatic heterocycles. The monoisotopic (exact) mass is 336 g/mol. The van der Waals surface area contributed by atoms with Gasteiger partial charge in [-0.2, -0.15) is 4.98 Å². The molecule has 0 bridgehead atoms. The van der Waals surface area contributed by atoms with Crippen molar-refractivity contribution in [3.8, 4) is 5.75 Å². The second kappa shape index (κ2) is 7.83. The van der Waals surface area contributed by atoms with Gasteiger partial charge in [-0.25, -0.2) is 4.98 Å². The Kier molecular flexibility index (Phi) is 5.33. The van der Waals surface area contributed by atoms with E-state index in [1.807, 2.05) is 42.5 Å². The SMILES string of the molecule is CCN(CC)c1nc(NCc2ccccc2OC)c2ccccc2n1. The van der Waals surface area contributed by atoms with Crippen LogP contribution in [0, 0.1) is 0 Å². The summed E-state index contributed by atoms with van der Waals surface area (Å²) in [7, 11) is 1.69. The maximum atomic E-state index is 5.44. The first-order chi connectivity index (χ1) is 12.3. The quantitative estimate of drug-likeness (QED) is 0.704. The number of nitrogens with one attached hydrogen (secondary N) is 1. The molecule has 0 saturated carbocycles. The maximum Gasteiger partial charge on any atom is 0.227 e. The molecule has 5 nitrogen and oxygen atoms in total. The Morgan fingerprint density at radius 2 is 1.68 bits per heavy atom. The zero-order chi connectivity index (χ0) is 17.6. The molecule has 3 aromatic rings. The van der Waals surface area contributed by atoms with E-state index in [1.54, 1.807) is 7.11 Å².